The van der Waals surface area contributed by atoms with Crippen molar-refractivity contribution >= 4 is 0 Å². The molecule has 0 radical (unpaired) electrons. The average Bonchev–Trinajstić information content (AvgIpc) is 3.12. The molecule has 6 rings (SSSR count). The SMILES string of the molecule is Cc1cc(C(c2ccccc2)(c2ccccc2)c2cc(C)c(OCCO)c(-c3ccccc3)c2)cc(-c2ccccc2)c1OCCO. The molecular weight excluding hydrogens is 580 g/mol. The molecule has 0 spiro atoms. The van der Waals surface area contributed by atoms with Crippen LogP contribution in [0, 0.1) is 13.8 Å². The van der Waals surface area contributed by atoms with Gasteiger partial charge in [0.25, 0.3) is 0 Å². The summed E-state index contributed by atoms with van der Waals surface area (Å²) < 4.78 is 12.4. The predicted octanol–water partition coefficient (Wildman–Crippen LogP) is 8.76. The lowest BCUT2D eigenvalue weighted by molar-refractivity contribution is 0.201. The van der Waals surface area contributed by atoms with Crippen molar-refractivity contribution in [3.8, 4) is 33.8 Å². The van der Waals surface area contributed by atoms with Crippen molar-refractivity contribution in [1.82, 2.24) is 0 Å². The normalized spacial score (nSPS) is 11.3. The molecule has 4 nitrogen and oxygen atoms in total. The van der Waals surface area contributed by atoms with E-state index in [1.54, 1.807) is 0 Å². The minimum atomic E-state index is -0.740. The minimum Gasteiger partial charge on any atom is -0.490 e. The van der Waals surface area contributed by atoms with E-state index in [-0.39, 0.29) is 26.4 Å². The van der Waals surface area contributed by atoms with Crippen molar-refractivity contribution in [3.63, 3.8) is 0 Å². The molecule has 236 valence electrons. The van der Waals surface area contributed by atoms with Gasteiger partial charge < -0.3 is 19.7 Å². The molecule has 0 aliphatic carbocycles. The van der Waals surface area contributed by atoms with E-state index in [1.165, 1.54) is 0 Å². The van der Waals surface area contributed by atoms with Gasteiger partial charge in [0.1, 0.15) is 24.7 Å². The van der Waals surface area contributed by atoms with Crippen molar-refractivity contribution in [2.24, 2.45) is 0 Å². The first-order chi connectivity index (χ1) is 23.1. The third-order valence-electron chi connectivity index (χ3n) is 8.67. The van der Waals surface area contributed by atoms with Crippen LogP contribution in [0.5, 0.6) is 11.5 Å². The highest BCUT2D eigenvalue weighted by molar-refractivity contribution is 5.78. The predicted molar refractivity (Wildman–Crippen MR) is 190 cm³/mol. The number of ether oxygens (including phenoxy) is 2. The van der Waals surface area contributed by atoms with Crippen molar-refractivity contribution in [2.75, 3.05) is 26.4 Å². The Balaban J connectivity index is 1.75. The van der Waals surface area contributed by atoms with Gasteiger partial charge in [0.15, 0.2) is 0 Å². The third-order valence-corrected chi connectivity index (χ3v) is 8.67. The fourth-order valence-electron chi connectivity index (χ4n) is 6.70. The summed E-state index contributed by atoms with van der Waals surface area (Å²) in [7, 11) is 0. The third kappa shape index (κ3) is 6.31. The second-order valence-electron chi connectivity index (χ2n) is 11.7. The maximum Gasteiger partial charge on any atom is 0.130 e. The first-order valence-electron chi connectivity index (χ1n) is 16.1. The van der Waals surface area contributed by atoms with Crippen LogP contribution < -0.4 is 9.47 Å². The van der Waals surface area contributed by atoms with E-state index < -0.39 is 5.41 Å². The highest BCUT2D eigenvalue weighted by Gasteiger charge is 2.40. The first kappa shape index (κ1) is 31.8. The summed E-state index contributed by atoms with van der Waals surface area (Å²) in [6.07, 6.45) is 0. The molecule has 6 aromatic carbocycles. The summed E-state index contributed by atoms with van der Waals surface area (Å²) >= 11 is 0. The number of benzene rings is 6. The molecule has 0 amide bonds. The van der Waals surface area contributed by atoms with Crippen LogP contribution in [0.2, 0.25) is 0 Å². The molecule has 4 heteroatoms. The summed E-state index contributed by atoms with van der Waals surface area (Å²) in [5.41, 5.74) is 9.64. The zero-order chi connectivity index (χ0) is 32.6. The van der Waals surface area contributed by atoms with Crippen molar-refractivity contribution < 1.29 is 19.7 Å². The number of aliphatic hydroxyl groups is 2. The fourth-order valence-corrected chi connectivity index (χ4v) is 6.70. The number of hydrogen-bond donors (Lipinski definition) is 2. The molecule has 0 fully saturated rings. The first-order valence-corrected chi connectivity index (χ1v) is 16.1. The number of rotatable bonds is 12. The highest BCUT2D eigenvalue weighted by atomic mass is 16.5. The van der Waals surface area contributed by atoms with Gasteiger partial charge in [-0.25, -0.2) is 0 Å². The number of aliphatic hydroxyl groups excluding tert-OH is 2. The smallest absolute Gasteiger partial charge is 0.130 e. The van der Waals surface area contributed by atoms with Gasteiger partial charge in [-0.3, -0.25) is 0 Å². The van der Waals surface area contributed by atoms with Crippen LogP contribution in [-0.2, 0) is 5.41 Å². The quantitative estimate of drug-likeness (QED) is 0.134. The number of hydrogen-bond acceptors (Lipinski definition) is 4. The van der Waals surface area contributed by atoms with Crippen LogP contribution in [0.4, 0.5) is 0 Å². The van der Waals surface area contributed by atoms with Crippen LogP contribution in [0.25, 0.3) is 22.3 Å². The molecule has 0 aliphatic rings. The lowest BCUT2D eigenvalue weighted by atomic mass is 9.64. The van der Waals surface area contributed by atoms with Crippen molar-refractivity contribution in [2.45, 2.75) is 19.3 Å². The van der Waals surface area contributed by atoms with E-state index in [0.717, 1.165) is 67.1 Å². The van der Waals surface area contributed by atoms with Gasteiger partial charge in [0, 0.05) is 11.1 Å². The highest BCUT2D eigenvalue weighted by Crippen LogP contribution is 2.50. The van der Waals surface area contributed by atoms with Gasteiger partial charge >= 0.3 is 0 Å². The Morgan fingerprint density at radius 3 is 1.13 bits per heavy atom. The summed E-state index contributed by atoms with van der Waals surface area (Å²) in [6, 6.07) is 50.8. The van der Waals surface area contributed by atoms with Gasteiger partial charge in [0.05, 0.1) is 18.6 Å². The Bertz CT molecular complexity index is 1760. The Hall–Kier alpha value is -5.16. The molecule has 0 unspecified atom stereocenters. The van der Waals surface area contributed by atoms with Crippen LogP contribution in [-0.4, -0.2) is 36.6 Å². The van der Waals surface area contributed by atoms with Gasteiger partial charge in [-0.05, 0) is 70.5 Å². The van der Waals surface area contributed by atoms with E-state index in [4.69, 9.17) is 9.47 Å². The molecule has 0 atom stereocenters. The van der Waals surface area contributed by atoms with Gasteiger partial charge in [-0.2, -0.15) is 0 Å². The molecule has 0 saturated heterocycles. The molecule has 2 N–H and O–H groups in total. The summed E-state index contributed by atoms with van der Waals surface area (Å²) in [4.78, 5) is 0. The Morgan fingerprint density at radius 2 is 0.787 bits per heavy atom. The second-order valence-corrected chi connectivity index (χ2v) is 11.7. The zero-order valence-corrected chi connectivity index (χ0v) is 26.9. The standard InChI is InChI=1S/C43H40O4/c1-31-27-37(29-39(41(31)46-25-23-44)33-15-7-3-8-16-33)43(35-19-11-5-12-20-35,36-21-13-6-14-22-36)38-28-32(2)42(47-26-24-45)40(30-38)34-17-9-4-10-18-34/h3-22,27-30,44-45H,23-26H2,1-2H3. The molecule has 0 bridgehead atoms. The largest absolute Gasteiger partial charge is 0.490 e. The summed E-state index contributed by atoms with van der Waals surface area (Å²) in [5.74, 6) is 1.52. The Morgan fingerprint density at radius 1 is 0.447 bits per heavy atom. The maximum absolute atomic E-state index is 9.68. The Kier molecular flexibility index (Phi) is 9.82. The molecular formula is C43H40O4. The topological polar surface area (TPSA) is 58.9 Å². The van der Waals surface area contributed by atoms with Gasteiger partial charge in [-0.15, -0.1) is 0 Å². The van der Waals surface area contributed by atoms with Crippen LogP contribution >= 0.6 is 0 Å². The van der Waals surface area contributed by atoms with E-state index in [9.17, 15) is 10.2 Å². The number of aryl methyl sites for hydroxylation is 2. The van der Waals surface area contributed by atoms with Crippen LogP contribution in [0.15, 0.2) is 146 Å². The molecule has 0 saturated carbocycles. The zero-order valence-electron chi connectivity index (χ0n) is 26.9. The molecule has 0 aliphatic heterocycles. The Labute approximate surface area is 277 Å². The van der Waals surface area contributed by atoms with E-state index in [1.807, 2.05) is 36.4 Å². The van der Waals surface area contributed by atoms with E-state index >= 15 is 0 Å². The van der Waals surface area contributed by atoms with Gasteiger partial charge in [-0.1, -0.05) is 133 Å². The lowest BCUT2D eigenvalue weighted by Gasteiger charge is -2.38. The van der Waals surface area contributed by atoms with Crippen LogP contribution in [0.3, 0.4) is 0 Å². The monoisotopic (exact) mass is 620 g/mol. The van der Waals surface area contributed by atoms with Crippen LogP contribution in [0.1, 0.15) is 33.4 Å². The molecule has 0 heterocycles. The maximum atomic E-state index is 9.68. The molecule has 47 heavy (non-hydrogen) atoms. The second kappa shape index (κ2) is 14.5. The van der Waals surface area contributed by atoms with E-state index in [0.29, 0.717) is 0 Å². The van der Waals surface area contributed by atoms with E-state index in [2.05, 4.69) is 123 Å². The average molecular weight is 621 g/mol. The van der Waals surface area contributed by atoms with Gasteiger partial charge in [0.2, 0.25) is 0 Å². The van der Waals surface area contributed by atoms with Crippen molar-refractivity contribution in [1.29, 1.82) is 0 Å². The lowest BCUT2D eigenvalue weighted by Crippen LogP contribution is -2.31. The summed E-state index contributed by atoms with van der Waals surface area (Å²) in [5, 5.41) is 19.4. The minimum absolute atomic E-state index is 0.0698. The molecule has 6 aromatic rings. The molecule has 0 aromatic heterocycles. The summed E-state index contributed by atoms with van der Waals surface area (Å²) in [6.45, 7) is 4.43. The fraction of sp³-hybridized carbons (Fsp3) is 0.163. The van der Waals surface area contributed by atoms with Crippen molar-refractivity contribution in [3.05, 3.63) is 179 Å².